The molecule has 41 heavy (non-hydrogen) atoms. The molecule has 1 aliphatic heterocycles. The van der Waals surface area contributed by atoms with Gasteiger partial charge in [0.25, 0.3) is 5.91 Å². The van der Waals surface area contributed by atoms with E-state index in [1.54, 1.807) is 30.3 Å². The summed E-state index contributed by atoms with van der Waals surface area (Å²) in [6, 6.07) is 11.4. The number of nitrogens with zero attached hydrogens (tertiary/aromatic N) is 7. The monoisotopic (exact) mass is 563 g/mol. The van der Waals surface area contributed by atoms with Crippen LogP contribution in [0.4, 0.5) is 10.2 Å². The number of benzene rings is 2. The number of halogens is 1. The van der Waals surface area contributed by atoms with E-state index < -0.39 is 5.91 Å². The minimum atomic E-state index is -0.543. The van der Waals surface area contributed by atoms with Gasteiger partial charge < -0.3 is 15.2 Å². The quantitative estimate of drug-likeness (QED) is 0.205. The number of amides is 1. The maximum Gasteiger partial charge on any atom is 0.293 e. The van der Waals surface area contributed by atoms with E-state index in [2.05, 4.69) is 36.1 Å². The normalized spacial score (nSPS) is 13.9. The minimum Gasteiger partial charge on any atom is -0.490 e. The summed E-state index contributed by atoms with van der Waals surface area (Å²) in [6.45, 7) is 4.74. The summed E-state index contributed by atoms with van der Waals surface area (Å²) in [6.07, 6.45) is 4.79. The number of hydrogen-bond acceptors (Lipinski definition) is 11. The van der Waals surface area contributed by atoms with Gasteiger partial charge in [-0.1, -0.05) is 23.8 Å². The van der Waals surface area contributed by atoms with Crippen LogP contribution in [0, 0.1) is 5.82 Å². The number of aromatic nitrogens is 5. The van der Waals surface area contributed by atoms with Crippen LogP contribution in [0.1, 0.15) is 53.5 Å². The van der Waals surface area contributed by atoms with E-state index in [-0.39, 0.29) is 29.8 Å². The molecule has 0 radical (unpaired) electrons. The van der Waals surface area contributed by atoms with Crippen LogP contribution < -0.4 is 20.6 Å². The van der Waals surface area contributed by atoms with Crippen LogP contribution in [-0.4, -0.2) is 62.0 Å². The molecule has 13 nitrogen and oxygen atoms in total. The summed E-state index contributed by atoms with van der Waals surface area (Å²) in [5.41, 5.74) is 10.5. The van der Waals surface area contributed by atoms with E-state index in [4.69, 9.17) is 19.8 Å². The van der Waals surface area contributed by atoms with Gasteiger partial charge in [0.2, 0.25) is 11.6 Å². The highest BCUT2D eigenvalue weighted by Crippen LogP contribution is 2.29. The standard InChI is InChI=1S/C27H30FN9O4/c1-2-39-23-14-19(8-11-22(23)40-17-18-6-9-20(28)10-7-18)15-30-32-27(38)24-21(16-36-12-4-3-5-13-36)37(35-31-24)26-25(29)33-41-34-26/h6-11,14-15H,2-5,12-13,16-17H2,1H3,(H2,29,33)(H,32,38). The van der Waals surface area contributed by atoms with Gasteiger partial charge in [0.15, 0.2) is 17.2 Å². The molecule has 1 aliphatic rings. The number of nitrogens with one attached hydrogen (secondary N) is 1. The Labute approximate surface area is 235 Å². The molecule has 1 saturated heterocycles. The van der Waals surface area contributed by atoms with Gasteiger partial charge >= 0.3 is 0 Å². The van der Waals surface area contributed by atoms with Crippen LogP contribution in [0.3, 0.4) is 0 Å². The lowest BCUT2D eigenvalue weighted by Crippen LogP contribution is -2.31. The molecule has 0 atom stereocenters. The number of nitrogen functional groups attached to an aromatic ring is 1. The minimum absolute atomic E-state index is 0.0370. The zero-order valence-corrected chi connectivity index (χ0v) is 22.5. The molecule has 14 heteroatoms. The first-order valence-corrected chi connectivity index (χ1v) is 13.2. The van der Waals surface area contributed by atoms with E-state index in [9.17, 15) is 9.18 Å². The molecular weight excluding hydrogens is 533 g/mol. The smallest absolute Gasteiger partial charge is 0.293 e. The van der Waals surface area contributed by atoms with Gasteiger partial charge in [0.05, 0.1) is 18.5 Å². The van der Waals surface area contributed by atoms with Crippen molar-refractivity contribution in [2.75, 3.05) is 25.4 Å². The van der Waals surface area contributed by atoms with Gasteiger partial charge in [-0.05, 0) is 84.6 Å². The first-order chi connectivity index (χ1) is 20.0. The van der Waals surface area contributed by atoms with Crippen molar-refractivity contribution in [2.45, 2.75) is 39.3 Å². The SMILES string of the molecule is CCOc1cc(C=NNC(=O)c2nnn(-c3nonc3N)c2CN2CCCCC2)ccc1OCc1ccc(F)cc1. The van der Waals surface area contributed by atoms with Crippen LogP contribution in [0.25, 0.3) is 5.82 Å². The van der Waals surface area contributed by atoms with Crippen molar-refractivity contribution in [3.63, 3.8) is 0 Å². The topological polar surface area (TPSA) is 159 Å². The summed E-state index contributed by atoms with van der Waals surface area (Å²) >= 11 is 0. The summed E-state index contributed by atoms with van der Waals surface area (Å²) < 4.78 is 30.9. The number of likely N-dealkylation sites (tertiary alicyclic amines) is 1. The van der Waals surface area contributed by atoms with Gasteiger partial charge in [-0.25, -0.2) is 14.4 Å². The van der Waals surface area contributed by atoms with Crippen molar-refractivity contribution in [2.24, 2.45) is 5.10 Å². The average Bonchev–Trinajstić information content (AvgIpc) is 3.59. The van der Waals surface area contributed by atoms with E-state index in [1.807, 2.05) is 6.92 Å². The number of hydrogen-bond donors (Lipinski definition) is 2. The van der Waals surface area contributed by atoms with Gasteiger partial charge in [-0.2, -0.15) is 9.78 Å². The Morgan fingerprint density at radius 3 is 2.66 bits per heavy atom. The molecule has 3 heterocycles. The summed E-state index contributed by atoms with van der Waals surface area (Å²) in [5.74, 6) is 0.388. The number of anilines is 1. The largest absolute Gasteiger partial charge is 0.490 e. The van der Waals surface area contributed by atoms with Crippen molar-refractivity contribution >= 4 is 17.9 Å². The Kier molecular flexibility index (Phi) is 8.79. The first-order valence-electron chi connectivity index (χ1n) is 13.2. The Bertz CT molecular complexity index is 1500. The molecule has 0 bridgehead atoms. The van der Waals surface area contributed by atoms with Crippen molar-refractivity contribution in [1.29, 1.82) is 0 Å². The molecular formula is C27H30FN9O4. The number of piperidine rings is 1. The van der Waals surface area contributed by atoms with Gasteiger partial charge in [0.1, 0.15) is 12.4 Å². The third kappa shape index (κ3) is 6.84. The number of nitrogens with two attached hydrogens (primary N) is 1. The van der Waals surface area contributed by atoms with Crippen molar-refractivity contribution in [1.82, 2.24) is 35.6 Å². The Morgan fingerprint density at radius 1 is 1.12 bits per heavy atom. The Morgan fingerprint density at radius 2 is 1.93 bits per heavy atom. The second-order valence-corrected chi connectivity index (χ2v) is 9.36. The summed E-state index contributed by atoms with van der Waals surface area (Å²) in [7, 11) is 0. The molecule has 1 fully saturated rings. The Hall–Kier alpha value is -4.85. The van der Waals surface area contributed by atoms with Crippen molar-refractivity contribution < 1.29 is 23.3 Å². The predicted molar refractivity (Wildman–Crippen MR) is 146 cm³/mol. The number of carbonyl (C=O) groups is 1. The highest BCUT2D eigenvalue weighted by molar-refractivity contribution is 5.94. The first kappa shape index (κ1) is 27.7. The molecule has 0 saturated carbocycles. The van der Waals surface area contributed by atoms with Crippen LogP contribution in [0.2, 0.25) is 0 Å². The fraction of sp³-hybridized carbons (Fsp3) is 0.333. The zero-order valence-electron chi connectivity index (χ0n) is 22.5. The van der Waals surface area contributed by atoms with E-state index in [1.165, 1.54) is 29.4 Å². The zero-order chi connectivity index (χ0) is 28.6. The van der Waals surface area contributed by atoms with Crippen LogP contribution in [-0.2, 0) is 13.2 Å². The summed E-state index contributed by atoms with van der Waals surface area (Å²) in [4.78, 5) is 15.3. The van der Waals surface area contributed by atoms with Gasteiger partial charge in [0, 0.05) is 6.54 Å². The molecule has 1 amide bonds. The van der Waals surface area contributed by atoms with Gasteiger partial charge in [-0.15, -0.1) is 5.10 Å². The molecule has 0 spiro atoms. The van der Waals surface area contributed by atoms with Crippen molar-refractivity contribution in [3.8, 4) is 17.3 Å². The lowest BCUT2D eigenvalue weighted by Gasteiger charge is -2.26. The third-order valence-corrected chi connectivity index (χ3v) is 6.45. The Balaban J connectivity index is 1.29. The summed E-state index contributed by atoms with van der Waals surface area (Å²) in [5, 5.41) is 19.7. The molecule has 2 aromatic carbocycles. The fourth-order valence-corrected chi connectivity index (χ4v) is 4.41. The lowest BCUT2D eigenvalue weighted by atomic mass is 10.1. The van der Waals surface area contributed by atoms with Gasteiger partial charge in [-0.3, -0.25) is 9.69 Å². The third-order valence-electron chi connectivity index (χ3n) is 6.45. The molecule has 0 unspecified atom stereocenters. The molecule has 4 aromatic rings. The van der Waals surface area contributed by atoms with Crippen molar-refractivity contribution in [3.05, 3.63) is 70.8 Å². The molecule has 5 rings (SSSR count). The number of carbonyl (C=O) groups excluding carboxylic acids is 1. The highest BCUT2D eigenvalue weighted by Gasteiger charge is 2.26. The van der Waals surface area contributed by atoms with E-state index in [0.29, 0.717) is 35.9 Å². The maximum atomic E-state index is 13.2. The molecule has 0 aliphatic carbocycles. The number of ether oxygens (including phenoxy) is 2. The average molecular weight is 564 g/mol. The predicted octanol–water partition coefficient (Wildman–Crippen LogP) is 3.10. The van der Waals surface area contributed by atoms with Crippen LogP contribution in [0.15, 0.2) is 52.2 Å². The fourth-order valence-electron chi connectivity index (χ4n) is 4.41. The number of hydrazone groups is 1. The molecule has 2 aromatic heterocycles. The number of rotatable bonds is 11. The van der Waals surface area contributed by atoms with Crippen LogP contribution in [0.5, 0.6) is 11.5 Å². The second-order valence-electron chi connectivity index (χ2n) is 9.36. The molecule has 214 valence electrons. The second kappa shape index (κ2) is 13.0. The maximum absolute atomic E-state index is 13.2. The van der Waals surface area contributed by atoms with Crippen LogP contribution >= 0.6 is 0 Å². The highest BCUT2D eigenvalue weighted by atomic mass is 19.1. The molecule has 3 N–H and O–H groups in total. The lowest BCUT2D eigenvalue weighted by molar-refractivity contribution is 0.0947. The van der Waals surface area contributed by atoms with E-state index in [0.717, 1.165) is 31.5 Å². The van der Waals surface area contributed by atoms with E-state index >= 15 is 0 Å².